The van der Waals surface area contributed by atoms with Gasteiger partial charge in [0.15, 0.2) is 0 Å². The predicted molar refractivity (Wildman–Crippen MR) is 150 cm³/mol. The lowest BCUT2D eigenvalue weighted by Crippen LogP contribution is -2.55. The van der Waals surface area contributed by atoms with E-state index in [9.17, 15) is 19.5 Å². The van der Waals surface area contributed by atoms with Gasteiger partial charge in [0, 0.05) is 24.1 Å². The highest BCUT2D eigenvalue weighted by Crippen LogP contribution is 2.41. The number of aromatic hydroxyl groups is 1. The fraction of sp³-hybridized carbons (Fsp3) is 0.452. The molecule has 0 spiro atoms. The number of carbonyl (C=O) groups excluding carboxylic acids is 3. The van der Waals surface area contributed by atoms with Crippen molar-refractivity contribution in [3.8, 4) is 18.1 Å². The first kappa shape index (κ1) is 29.6. The van der Waals surface area contributed by atoms with Gasteiger partial charge < -0.3 is 25.4 Å². The minimum atomic E-state index is -1.04. The van der Waals surface area contributed by atoms with Crippen LogP contribution in [0.1, 0.15) is 70.7 Å². The number of phenolic OH excluding ortho intramolecular Hbond substituents is 1. The normalized spacial score (nSPS) is 17.9. The number of phenols is 1. The van der Waals surface area contributed by atoms with Crippen LogP contribution in [-0.4, -0.2) is 51.6 Å². The van der Waals surface area contributed by atoms with Crippen molar-refractivity contribution >= 4 is 17.9 Å². The lowest BCUT2D eigenvalue weighted by atomic mass is 9.96. The smallest absolute Gasteiger partial charge is 0.408 e. The largest absolute Gasteiger partial charge is 0.508 e. The monoisotopic (exact) mass is 533 g/mol. The van der Waals surface area contributed by atoms with Gasteiger partial charge in [-0.2, -0.15) is 0 Å². The van der Waals surface area contributed by atoms with E-state index in [1.165, 1.54) is 12.1 Å². The third kappa shape index (κ3) is 8.00. The van der Waals surface area contributed by atoms with E-state index in [2.05, 4.69) is 16.6 Å². The highest BCUT2D eigenvalue weighted by Gasteiger charge is 2.48. The quantitative estimate of drug-likeness (QED) is 0.416. The Hall–Kier alpha value is -3.99. The number of nitrogens with one attached hydrogen (secondary N) is 2. The van der Waals surface area contributed by atoms with Crippen molar-refractivity contribution in [2.24, 2.45) is 5.92 Å². The molecule has 0 saturated heterocycles. The molecule has 1 fully saturated rings. The zero-order valence-corrected chi connectivity index (χ0v) is 23.5. The Balaban J connectivity index is 2.08. The maximum atomic E-state index is 14.4. The topological polar surface area (TPSA) is 108 Å². The number of nitrogens with zero attached hydrogens (tertiary/aromatic N) is 1. The molecule has 4 unspecified atom stereocenters. The zero-order valence-electron chi connectivity index (χ0n) is 23.5. The van der Waals surface area contributed by atoms with Crippen molar-refractivity contribution in [1.82, 2.24) is 15.5 Å². The number of rotatable bonds is 9. The summed E-state index contributed by atoms with van der Waals surface area (Å²) in [6, 6.07) is 11.1. The highest BCUT2D eigenvalue weighted by molar-refractivity contribution is 5.93. The van der Waals surface area contributed by atoms with Gasteiger partial charge in [-0.3, -0.25) is 9.59 Å². The minimum Gasteiger partial charge on any atom is -0.508 e. The molecule has 0 bridgehead atoms. The molecule has 4 atom stereocenters. The Bertz CT molecular complexity index is 1230. The minimum absolute atomic E-state index is 0.0893. The molecule has 3 rings (SSSR count). The fourth-order valence-corrected chi connectivity index (χ4v) is 4.52. The van der Waals surface area contributed by atoms with Crippen LogP contribution in [0.5, 0.6) is 5.75 Å². The molecule has 208 valence electrons. The summed E-state index contributed by atoms with van der Waals surface area (Å²) in [5.74, 6) is 2.14. The molecule has 2 aromatic carbocycles. The van der Waals surface area contributed by atoms with Crippen LogP contribution < -0.4 is 10.6 Å². The van der Waals surface area contributed by atoms with Crippen molar-refractivity contribution in [3.05, 3.63) is 65.2 Å². The summed E-state index contributed by atoms with van der Waals surface area (Å²) in [7, 11) is 0. The molecule has 3 N–H and O–H groups in total. The lowest BCUT2D eigenvalue weighted by molar-refractivity contribution is -0.143. The summed E-state index contributed by atoms with van der Waals surface area (Å²) in [6.07, 6.45) is 5.91. The first-order valence-corrected chi connectivity index (χ1v) is 13.3. The third-order valence-electron chi connectivity index (χ3n) is 6.41. The molecule has 1 saturated carbocycles. The van der Waals surface area contributed by atoms with E-state index >= 15 is 0 Å². The van der Waals surface area contributed by atoms with Crippen molar-refractivity contribution in [1.29, 1.82) is 0 Å². The van der Waals surface area contributed by atoms with Gasteiger partial charge in [-0.15, -0.1) is 6.42 Å². The van der Waals surface area contributed by atoms with E-state index < -0.39 is 29.7 Å². The van der Waals surface area contributed by atoms with Gasteiger partial charge in [-0.25, -0.2) is 4.79 Å². The zero-order chi connectivity index (χ0) is 28.9. The number of ether oxygens (including phenoxy) is 1. The van der Waals surface area contributed by atoms with Gasteiger partial charge in [0.25, 0.3) is 0 Å². The van der Waals surface area contributed by atoms with Crippen LogP contribution in [0.15, 0.2) is 48.5 Å². The number of hydrogen-bond donors (Lipinski definition) is 3. The van der Waals surface area contributed by atoms with E-state index in [1.54, 1.807) is 62.1 Å². The van der Waals surface area contributed by atoms with E-state index in [0.717, 1.165) is 5.56 Å². The molecule has 0 aromatic heterocycles. The average Bonchev–Trinajstić information content (AvgIpc) is 3.56. The average molecular weight is 534 g/mol. The molecule has 39 heavy (non-hydrogen) atoms. The third-order valence-corrected chi connectivity index (χ3v) is 6.41. The first-order valence-electron chi connectivity index (χ1n) is 13.3. The Labute approximate surface area is 231 Å². The molecule has 0 radical (unpaired) electrons. The summed E-state index contributed by atoms with van der Waals surface area (Å²) >= 11 is 0. The molecule has 8 nitrogen and oxygen atoms in total. The summed E-state index contributed by atoms with van der Waals surface area (Å²) in [5.41, 5.74) is 1.01. The van der Waals surface area contributed by atoms with E-state index in [-0.39, 0.29) is 36.1 Å². The van der Waals surface area contributed by atoms with Crippen LogP contribution in [-0.2, 0) is 20.7 Å². The van der Waals surface area contributed by atoms with Gasteiger partial charge >= 0.3 is 6.09 Å². The first-order chi connectivity index (χ1) is 18.3. The molecule has 0 heterocycles. The number of carbonyl (C=O) groups is 3. The van der Waals surface area contributed by atoms with Gasteiger partial charge in [0.05, 0.1) is 0 Å². The molecular weight excluding hydrogens is 494 g/mol. The summed E-state index contributed by atoms with van der Waals surface area (Å²) in [4.78, 5) is 42.6. The van der Waals surface area contributed by atoms with E-state index in [1.807, 2.05) is 20.8 Å². The Morgan fingerprint density at radius 3 is 2.26 bits per heavy atom. The van der Waals surface area contributed by atoms with Crippen LogP contribution >= 0.6 is 0 Å². The molecule has 3 amide bonds. The van der Waals surface area contributed by atoms with E-state index in [0.29, 0.717) is 17.5 Å². The standard InChI is InChI=1S/C31H39N3O5/c1-8-22-11-9-10-12-24(22)27(28(36)32-19(2)3)34(26-17-20(26)4)29(37)25(33-30(38)39-31(5,6)7)18-21-13-15-23(35)16-14-21/h1,9-16,19-20,25-27,35H,17-18H2,2-7H3,(H,32,36)(H,33,38). The summed E-state index contributed by atoms with van der Waals surface area (Å²) < 4.78 is 5.47. The number of alkyl carbamates (subject to hydrolysis) is 1. The van der Waals surface area contributed by atoms with Crippen LogP contribution in [0.4, 0.5) is 4.79 Å². The second-order valence-corrected chi connectivity index (χ2v) is 11.4. The predicted octanol–water partition coefficient (Wildman–Crippen LogP) is 4.31. The molecule has 8 heteroatoms. The maximum absolute atomic E-state index is 14.4. The fourth-order valence-electron chi connectivity index (χ4n) is 4.52. The van der Waals surface area contributed by atoms with Gasteiger partial charge in [0.1, 0.15) is 23.4 Å². The van der Waals surface area contributed by atoms with Crippen molar-refractivity contribution in [3.63, 3.8) is 0 Å². The number of hydrogen-bond acceptors (Lipinski definition) is 5. The summed E-state index contributed by atoms with van der Waals surface area (Å²) in [5, 5.41) is 15.4. The van der Waals surface area contributed by atoms with Crippen molar-refractivity contribution in [2.75, 3.05) is 0 Å². The second kappa shape index (κ2) is 12.2. The van der Waals surface area contributed by atoms with E-state index in [4.69, 9.17) is 11.2 Å². The van der Waals surface area contributed by atoms with Crippen LogP contribution in [0.2, 0.25) is 0 Å². The molecule has 2 aromatic rings. The number of amides is 3. The summed E-state index contributed by atoms with van der Waals surface area (Å²) in [6.45, 7) is 10.9. The molecule has 1 aliphatic carbocycles. The molecular formula is C31H39N3O5. The van der Waals surface area contributed by atoms with Crippen LogP contribution in [0.3, 0.4) is 0 Å². The highest BCUT2D eigenvalue weighted by atomic mass is 16.6. The number of benzene rings is 2. The molecule has 1 aliphatic rings. The maximum Gasteiger partial charge on any atom is 0.408 e. The molecule has 0 aliphatic heterocycles. The lowest BCUT2D eigenvalue weighted by Gasteiger charge is -2.36. The van der Waals surface area contributed by atoms with Gasteiger partial charge in [0.2, 0.25) is 11.8 Å². The van der Waals surface area contributed by atoms with Gasteiger partial charge in [-0.1, -0.05) is 43.2 Å². The van der Waals surface area contributed by atoms with Crippen molar-refractivity contribution < 1.29 is 24.2 Å². The second-order valence-electron chi connectivity index (χ2n) is 11.4. The van der Waals surface area contributed by atoms with Crippen LogP contribution in [0.25, 0.3) is 0 Å². The SMILES string of the molecule is C#Cc1ccccc1C(C(=O)NC(C)C)N(C(=O)C(Cc1ccc(O)cc1)NC(=O)OC(C)(C)C)C1CC1C. The van der Waals surface area contributed by atoms with Crippen LogP contribution in [0, 0.1) is 18.3 Å². The number of terminal acetylenes is 1. The Kier molecular flexibility index (Phi) is 9.28. The van der Waals surface area contributed by atoms with Crippen molar-refractivity contribution in [2.45, 2.75) is 84.2 Å². The Morgan fingerprint density at radius 1 is 1.10 bits per heavy atom. The van der Waals surface area contributed by atoms with Gasteiger partial charge in [-0.05, 0) is 76.3 Å². The Morgan fingerprint density at radius 2 is 1.72 bits per heavy atom.